The molecule has 1 amide bonds. The monoisotopic (exact) mass is 323 g/mol. The lowest BCUT2D eigenvalue weighted by Gasteiger charge is -2.17. The lowest BCUT2D eigenvalue weighted by atomic mass is 10.1. The maximum absolute atomic E-state index is 12.5. The molecule has 0 atom stereocenters. The van der Waals surface area contributed by atoms with Gasteiger partial charge in [-0.25, -0.2) is 0 Å². The zero-order valence-electron chi connectivity index (χ0n) is 13.9. The van der Waals surface area contributed by atoms with Crippen molar-refractivity contribution in [2.45, 2.75) is 12.8 Å². The number of hydrogen-bond acceptors (Lipinski definition) is 3. The number of carbonyl (C=O) groups is 1. The molecule has 24 heavy (non-hydrogen) atoms. The summed E-state index contributed by atoms with van der Waals surface area (Å²) in [5, 5.41) is 11.0. The van der Waals surface area contributed by atoms with E-state index in [1.54, 1.807) is 15.8 Å². The van der Waals surface area contributed by atoms with E-state index < -0.39 is 0 Å². The zero-order valence-corrected chi connectivity index (χ0v) is 13.9. The summed E-state index contributed by atoms with van der Waals surface area (Å²) in [6.07, 6.45) is 7.43. The van der Waals surface area contributed by atoms with Crippen LogP contribution in [0.15, 0.2) is 48.9 Å². The maximum Gasteiger partial charge on any atom is 0.253 e. The van der Waals surface area contributed by atoms with E-state index in [0.717, 1.165) is 30.6 Å². The molecule has 0 aliphatic heterocycles. The van der Waals surface area contributed by atoms with E-state index in [1.165, 1.54) is 5.56 Å². The first kappa shape index (κ1) is 16.0. The lowest BCUT2D eigenvalue weighted by Crippen LogP contribution is -2.27. The maximum atomic E-state index is 12.5. The molecule has 0 saturated carbocycles. The quantitative estimate of drug-likeness (QED) is 0.758. The van der Waals surface area contributed by atoms with Gasteiger partial charge < -0.3 is 4.90 Å². The van der Waals surface area contributed by atoms with Gasteiger partial charge in [0, 0.05) is 38.6 Å². The smallest absolute Gasteiger partial charge is 0.253 e. The molecule has 0 fully saturated rings. The number of H-pyrrole nitrogens is 1. The molecule has 0 bridgehead atoms. The van der Waals surface area contributed by atoms with Crippen molar-refractivity contribution in [2.24, 2.45) is 7.05 Å². The van der Waals surface area contributed by atoms with Gasteiger partial charge in [-0.05, 0) is 42.2 Å². The summed E-state index contributed by atoms with van der Waals surface area (Å²) >= 11 is 0. The molecular weight excluding hydrogens is 302 g/mol. The first-order valence-electron chi connectivity index (χ1n) is 7.96. The average Bonchev–Trinajstić information content (AvgIpc) is 3.26. The first-order valence-corrected chi connectivity index (χ1v) is 7.96. The van der Waals surface area contributed by atoms with Crippen molar-refractivity contribution in [3.05, 3.63) is 60.0 Å². The van der Waals surface area contributed by atoms with Crippen molar-refractivity contribution >= 4 is 5.91 Å². The number of benzene rings is 1. The van der Waals surface area contributed by atoms with E-state index in [0.29, 0.717) is 5.56 Å². The number of aromatic amines is 1. The second-order valence-electron chi connectivity index (χ2n) is 5.90. The molecule has 6 heteroatoms. The van der Waals surface area contributed by atoms with E-state index in [9.17, 15) is 4.79 Å². The van der Waals surface area contributed by atoms with Crippen LogP contribution in [-0.4, -0.2) is 44.4 Å². The Hall–Kier alpha value is -2.89. The molecule has 0 saturated heterocycles. The fourth-order valence-electron chi connectivity index (χ4n) is 2.65. The molecule has 0 radical (unpaired) electrons. The third kappa shape index (κ3) is 3.71. The van der Waals surface area contributed by atoms with E-state index >= 15 is 0 Å². The Bertz CT molecular complexity index is 789. The summed E-state index contributed by atoms with van der Waals surface area (Å²) in [6, 6.07) is 9.49. The van der Waals surface area contributed by atoms with Gasteiger partial charge in [0.25, 0.3) is 5.91 Å². The van der Waals surface area contributed by atoms with Crippen molar-refractivity contribution in [3.8, 4) is 11.3 Å². The fourth-order valence-corrected chi connectivity index (χ4v) is 2.65. The number of nitrogens with one attached hydrogen (secondary N) is 1. The number of nitrogens with zero attached hydrogens (tertiary/aromatic N) is 4. The summed E-state index contributed by atoms with van der Waals surface area (Å²) in [5.41, 5.74) is 3.85. The Morgan fingerprint density at radius 3 is 2.67 bits per heavy atom. The second-order valence-corrected chi connectivity index (χ2v) is 5.90. The highest BCUT2D eigenvalue weighted by atomic mass is 16.2. The highest BCUT2D eigenvalue weighted by molar-refractivity contribution is 5.94. The molecule has 1 aromatic carbocycles. The Labute approximate surface area is 141 Å². The number of aromatic nitrogens is 4. The standard InChI is InChI=1S/C18H21N5O/c1-22(11-3-4-14-12-20-23(2)13-14)18(24)16-7-5-15(6-8-16)17-9-10-19-21-17/h5-10,12-13H,3-4,11H2,1-2H3,(H,19,21). The van der Waals surface area contributed by atoms with Crippen LogP contribution in [0, 0.1) is 0 Å². The predicted molar refractivity (Wildman–Crippen MR) is 92.5 cm³/mol. The highest BCUT2D eigenvalue weighted by Crippen LogP contribution is 2.17. The van der Waals surface area contributed by atoms with Crippen molar-refractivity contribution in [2.75, 3.05) is 13.6 Å². The van der Waals surface area contributed by atoms with Crippen LogP contribution in [0.4, 0.5) is 0 Å². The van der Waals surface area contributed by atoms with Gasteiger partial charge in [0.1, 0.15) is 0 Å². The molecule has 3 aromatic rings. The molecule has 2 heterocycles. The van der Waals surface area contributed by atoms with Crippen LogP contribution < -0.4 is 0 Å². The van der Waals surface area contributed by atoms with Crippen molar-refractivity contribution in [1.82, 2.24) is 24.9 Å². The number of amides is 1. The molecule has 124 valence electrons. The molecule has 0 unspecified atom stereocenters. The van der Waals surface area contributed by atoms with Gasteiger partial charge in [-0.15, -0.1) is 0 Å². The summed E-state index contributed by atoms with van der Waals surface area (Å²) in [7, 11) is 3.75. The van der Waals surface area contributed by atoms with Crippen LogP contribution >= 0.6 is 0 Å². The minimum absolute atomic E-state index is 0.0392. The van der Waals surface area contributed by atoms with Crippen molar-refractivity contribution in [1.29, 1.82) is 0 Å². The van der Waals surface area contributed by atoms with Crippen LogP contribution in [0.25, 0.3) is 11.3 Å². The van der Waals surface area contributed by atoms with Crippen molar-refractivity contribution in [3.63, 3.8) is 0 Å². The molecule has 0 aliphatic rings. The van der Waals surface area contributed by atoms with Crippen LogP contribution in [-0.2, 0) is 13.5 Å². The number of hydrogen-bond donors (Lipinski definition) is 1. The summed E-state index contributed by atoms with van der Waals surface area (Å²) < 4.78 is 1.80. The molecule has 2 aromatic heterocycles. The van der Waals surface area contributed by atoms with Crippen LogP contribution in [0.3, 0.4) is 0 Å². The topological polar surface area (TPSA) is 66.8 Å². The van der Waals surface area contributed by atoms with Gasteiger partial charge in [0.05, 0.1) is 11.9 Å². The average molecular weight is 323 g/mol. The molecule has 1 N–H and O–H groups in total. The van der Waals surface area contributed by atoms with Gasteiger partial charge in [-0.1, -0.05) is 12.1 Å². The minimum Gasteiger partial charge on any atom is -0.342 e. The van der Waals surface area contributed by atoms with E-state index in [2.05, 4.69) is 15.3 Å². The lowest BCUT2D eigenvalue weighted by molar-refractivity contribution is 0.0793. The Balaban J connectivity index is 1.55. The van der Waals surface area contributed by atoms with Crippen LogP contribution in [0.1, 0.15) is 22.3 Å². The van der Waals surface area contributed by atoms with Gasteiger partial charge in [0.15, 0.2) is 0 Å². The molecular formula is C18H21N5O. The SMILES string of the molecule is CN(CCCc1cnn(C)c1)C(=O)c1ccc(-c2ccn[nH]2)cc1. The fraction of sp³-hybridized carbons (Fsp3) is 0.278. The van der Waals surface area contributed by atoms with E-state index in [1.807, 2.05) is 56.8 Å². The summed E-state index contributed by atoms with van der Waals surface area (Å²) in [6.45, 7) is 0.718. The molecule has 0 spiro atoms. The highest BCUT2D eigenvalue weighted by Gasteiger charge is 2.12. The largest absolute Gasteiger partial charge is 0.342 e. The Morgan fingerprint density at radius 1 is 1.25 bits per heavy atom. The van der Waals surface area contributed by atoms with Gasteiger partial charge in [0.2, 0.25) is 0 Å². The minimum atomic E-state index is 0.0392. The van der Waals surface area contributed by atoms with E-state index in [4.69, 9.17) is 0 Å². The van der Waals surface area contributed by atoms with Gasteiger partial charge in [-0.3, -0.25) is 14.6 Å². The first-order chi connectivity index (χ1) is 11.6. The molecule has 6 nitrogen and oxygen atoms in total. The molecule has 3 rings (SSSR count). The number of rotatable bonds is 6. The Kier molecular flexibility index (Phi) is 4.74. The molecule has 0 aliphatic carbocycles. The number of carbonyl (C=O) groups excluding carboxylic acids is 1. The zero-order chi connectivity index (χ0) is 16.9. The third-order valence-electron chi connectivity index (χ3n) is 4.01. The van der Waals surface area contributed by atoms with E-state index in [-0.39, 0.29) is 5.91 Å². The van der Waals surface area contributed by atoms with Gasteiger partial charge >= 0.3 is 0 Å². The van der Waals surface area contributed by atoms with Crippen LogP contribution in [0.2, 0.25) is 0 Å². The Morgan fingerprint density at radius 2 is 2.04 bits per heavy atom. The summed E-state index contributed by atoms with van der Waals surface area (Å²) in [5.74, 6) is 0.0392. The van der Waals surface area contributed by atoms with Crippen molar-refractivity contribution < 1.29 is 4.79 Å². The predicted octanol–water partition coefficient (Wildman–Crippen LogP) is 2.51. The van der Waals surface area contributed by atoms with Crippen LogP contribution in [0.5, 0.6) is 0 Å². The van der Waals surface area contributed by atoms with Gasteiger partial charge in [-0.2, -0.15) is 10.2 Å². The third-order valence-corrected chi connectivity index (χ3v) is 4.01. The number of aryl methyl sites for hydroxylation is 2. The summed E-state index contributed by atoms with van der Waals surface area (Å²) in [4.78, 5) is 14.2. The second kappa shape index (κ2) is 7.12. The normalized spacial score (nSPS) is 10.8.